The first-order valence-electron chi connectivity index (χ1n) is 13.4. The Hall–Kier alpha value is -4.97. The quantitative estimate of drug-likeness (QED) is 0.239. The summed E-state index contributed by atoms with van der Waals surface area (Å²) >= 11 is 0. The van der Waals surface area contributed by atoms with E-state index in [-0.39, 0.29) is 12.2 Å². The van der Waals surface area contributed by atoms with E-state index in [0.29, 0.717) is 22.6 Å². The molecule has 0 bridgehead atoms. The molecule has 0 saturated heterocycles. The summed E-state index contributed by atoms with van der Waals surface area (Å²) in [5.41, 5.74) is 2.56. The first-order valence-corrected chi connectivity index (χ1v) is 13.4. The molecule has 0 radical (unpaired) electrons. The number of ether oxygens (including phenoxy) is 2. The van der Waals surface area contributed by atoms with Crippen molar-refractivity contribution in [2.45, 2.75) is 58.7 Å². The van der Waals surface area contributed by atoms with Crippen molar-refractivity contribution in [2.75, 3.05) is 12.4 Å². The van der Waals surface area contributed by atoms with E-state index in [1.54, 1.807) is 70.3 Å². The van der Waals surface area contributed by atoms with Crippen molar-refractivity contribution in [1.29, 1.82) is 0 Å². The molecule has 3 aromatic carbocycles. The number of hydrogen-bond donors (Lipinski definition) is 3. The molecule has 0 aliphatic heterocycles. The van der Waals surface area contributed by atoms with Gasteiger partial charge in [0.15, 0.2) is 0 Å². The Kier molecular flexibility index (Phi) is 10.2. The van der Waals surface area contributed by atoms with Gasteiger partial charge in [0.1, 0.15) is 29.2 Å². The van der Waals surface area contributed by atoms with Gasteiger partial charge in [0, 0.05) is 18.2 Å². The summed E-state index contributed by atoms with van der Waals surface area (Å²) in [6, 6.07) is 18.4. The Balaban J connectivity index is 2.03. The first kappa shape index (κ1) is 31.6. The van der Waals surface area contributed by atoms with Crippen molar-refractivity contribution < 1.29 is 29.0 Å². The van der Waals surface area contributed by atoms with E-state index in [1.807, 2.05) is 26.0 Å². The molecule has 3 amide bonds. The van der Waals surface area contributed by atoms with E-state index in [9.17, 15) is 19.5 Å². The van der Waals surface area contributed by atoms with Gasteiger partial charge in [-0.2, -0.15) is 0 Å². The number of alkyl carbamates (subject to hydrolysis) is 1. The van der Waals surface area contributed by atoms with E-state index in [1.165, 1.54) is 12.1 Å². The van der Waals surface area contributed by atoms with Crippen LogP contribution in [0.5, 0.6) is 11.5 Å². The number of hydrogen-bond acceptors (Lipinski definition) is 6. The summed E-state index contributed by atoms with van der Waals surface area (Å²) in [5.74, 6) is -0.563. The summed E-state index contributed by atoms with van der Waals surface area (Å²) in [4.78, 5) is 41.8. The molecule has 9 heteroatoms. The number of rotatable bonds is 9. The molecule has 0 saturated carbocycles. The normalized spacial score (nSPS) is 12.3. The molecule has 0 fully saturated rings. The summed E-state index contributed by atoms with van der Waals surface area (Å²) in [5, 5.41) is 15.2. The molecule has 2 atom stereocenters. The number of amides is 3. The van der Waals surface area contributed by atoms with Gasteiger partial charge >= 0.3 is 6.09 Å². The van der Waals surface area contributed by atoms with Crippen LogP contribution in [0.15, 0.2) is 66.7 Å². The monoisotopic (exact) mass is 571 g/mol. The van der Waals surface area contributed by atoms with Gasteiger partial charge in [0.05, 0.1) is 7.11 Å². The van der Waals surface area contributed by atoms with Gasteiger partial charge in [0.2, 0.25) is 0 Å². The molecule has 2 unspecified atom stereocenters. The zero-order valence-electron chi connectivity index (χ0n) is 24.7. The zero-order valence-corrected chi connectivity index (χ0v) is 24.7. The van der Waals surface area contributed by atoms with Gasteiger partial charge in [-0.25, -0.2) is 4.79 Å². The maximum atomic E-state index is 14.1. The Morgan fingerprint density at radius 1 is 1.00 bits per heavy atom. The number of nitrogens with one attached hydrogen (secondary N) is 2. The highest BCUT2D eigenvalue weighted by atomic mass is 16.6. The average Bonchev–Trinajstić information content (AvgIpc) is 2.92. The molecular weight excluding hydrogens is 534 g/mol. The molecule has 3 aromatic rings. The molecule has 220 valence electrons. The van der Waals surface area contributed by atoms with E-state index in [4.69, 9.17) is 15.9 Å². The molecular formula is C33H37N3O6. The van der Waals surface area contributed by atoms with Crippen LogP contribution in [0.25, 0.3) is 0 Å². The number of phenols is 1. The van der Waals surface area contributed by atoms with E-state index in [0.717, 1.165) is 16.0 Å². The zero-order chi connectivity index (χ0) is 31.0. The molecule has 0 aliphatic rings. The second kappa shape index (κ2) is 13.6. The minimum Gasteiger partial charge on any atom is -0.508 e. The van der Waals surface area contributed by atoms with Crippen LogP contribution in [0.2, 0.25) is 0 Å². The number of aryl methyl sites for hydroxylation is 2. The van der Waals surface area contributed by atoms with E-state index < -0.39 is 35.6 Å². The van der Waals surface area contributed by atoms with Crippen LogP contribution in [-0.2, 0) is 20.7 Å². The summed E-state index contributed by atoms with van der Waals surface area (Å²) in [7, 11) is 1.54. The van der Waals surface area contributed by atoms with Crippen LogP contribution in [-0.4, -0.2) is 46.7 Å². The van der Waals surface area contributed by atoms with Crippen LogP contribution in [0.3, 0.4) is 0 Å². The number of anilines is 1. The number of benzene rings is 3. The molecule has 0 heterocycles. The molecule has 0 aliphatic carbocycles. The number of terminal acetylenes is 1. The van der Waals surface area contributed by atoms with Crippen LogP contribution in [0.4, 0.5) is 10.5 Å². The van der Waals surface area contributed by atoms with Gasteiger partial charge in [-0.1, -0.05) is 42.3 Å². The minimum atomic E-state index is -1.23. The van der Waals surface area contributed by atoms with Gasteiger partial charge in [-0.15, -0.1) is 0 Å². The van der Waals surface area contributed by atoms with Gasteiger partial charge in [-0.05, 0) is 87.7 Å². The Morgan fingerprint density at radius 3 is 2.19 bits per heavy atom. The molecule has 3 N–H and O–H groups in total. The van der Waals surface area contributed by atoms with Crippen molar-refractivity contribution in [1.82, 2.24) is 10.2 Å². The highest BCUT2D eigenvalue weighted by molar-refractivity contribution is 6.00. The van der Waals surface area contributed by atoms with Crippen molar-refractivity contribution in [3.8, 4) is 24.0 Å². The Bertz CT molecular complexity index is 1450. The summed E-state index contributed by atoms with van der Waals surface area (Å²) in [6.45, 7) is 8.87. The number of aromatic hydroxyl groups is 1. The highest BCUT2D eigenvalue weighted by Crippen LogP contribution is 2.28. The second-order valence-corrected chi connectivity index (χ2v) is 10.9. The largest absolute Gasteiger partial charge is 0.508 e. The number of carbonyl (C=O) groups excluding carboxylic acids is 3. The SMILES string of the molecule is C#CN(C(=O)C(Cc1ccc(O)cc1)NC(=O)OC(C)(C)C)C(C(=O)Nc1ccc(OC)cc1)c1ccc(C)cc1C. The fourth-order valence-electron chi connectivity index (χ4n) is 4.37. The maximum Gasteiger partial charge on any atom is 0.408 e. The minimum absolute atomic E-state index is 0.0240. The maximum absolute atomic E-state index is 14.1. The predicted octanol–water partition coefficient (Wildman–Crippen LogP) is 5.25. The molecule has 9 nitrogen and oxygen atoms in total. The van der Waals surface area contributed by atoms with E-state index >= 15 is 0 Å². The topological polar surface area (TPSA) is 117 Å². The standard InChI is InChI=1S/C33H37N3O6/c1-8-36(31(39)28(35-32(40)42-33(4,5)6)20-23-10-14-25(37)15-11-23)29(27-18-9-21(2)19-22(27)3)30(38)34-24-12-16-26(41-7)17-13-24/h1,9-19,28-29,37H,20H2,2-7H3,(H,34,38)(H,35,40). The van der Waals surface area contributed by atoms with Crippen LogP contribution < -0.4 is 15.4 Å². The fraction of sp³-hybridized carbons (Fsp3) is 0.303. The third-order valence-electron chi connectivity index (χ3n) is 6.33. The van der Waals surface area contributed by atoms with Crippen LogP contribution in [0.1, 0.15) is 49.1 Å². The molecule has 3 rings (SSSR count). The Morgan fingerprint density at radius 2 is 1.64 bits per heavy atom. The Labute approximate surface area is 246 Å². The number of phenolic OH excluding ortho intramolecular Hbond substituents is 1. The number of methoxy groups -OCH3 is 1. The van der Waals surface area contributed by atoms with Gasteiger partial charge < -0.3 is 25.2 Å². The lowest BCUT2D eigenvalue weighted by molar-refractivity contribution is -0.136. The predicted molar refractivity (Wildman–Crippen MR) is 161 cm³/mol. The summed E-state index contributed by atoms with van der Waals surface area (Å²) in [6.07, 6.45) is 5.13. The lowest BCUT2D eigenvalue weighted by Crippen LogP contribution is -2.51. The van der Waals surface area contributed by atoms with Crippen molar-refractivity contribution in [3.05, 3.63) is 89.0 Å². The third-order valence-corrected chi connectivity index (χ3v) is 6.33. The van der Waals surface area contributed by atoms with Gasteiger partial charge in [0.25, 0.3) is 11.8 Å². The molecule has 0 spiro atoms. The lowest BCUT2D eigenvalue weighted by atomic mass is 9.96. The first-order chi connectivity index (χ1) is 19.8. The second-order valence-electron chi connectivity index (χ2n) is 10.9. The smallest absolute Gasteiger partial charge is 0.408 e. The van der Waals surface area contributed by atoms with Crippen molar-refractivity contribution in [2.24, 2.45) is 0 Å². The van der Waals surface area contributed by atoms with Crippen LogP contribution >= 0.6 is 0 Å². The molecule has 42 heavy (non-hydrogen) atoms. The number of carbonyl (C=O) groups is 3. The summed E-state index contributed by atoms with van der Waals surface area (Å²) < 4.78 is 10.6. The fourth-order valence-corrected chi connectivity index (χ4v) is 4.37. The number of nitrogens with zero attached hydrogens (tertiary/aromatic N) is 1. The van der Waals surface area contributed by atoms with Crippen molar-refractivity contribution >= 4 is 23.6 Å². The van der Waals surface area contributed by atoms with Crippen LogP contribution in [0, 0.1) is 26.3 Å². The average molecular weight is 572 g/mol. The van der Waals surface area contributed by atoms with Gasteiger partial charge in [-0.3, -0.25) is 14.5 Å². The third kappa shape index (κ3) is 8.51. The molecule has 0 aromatic heterocycles. The van der Waals surface area contributed by atoms with Crippen molar-refractivity contribution in [3.63, 3.8) is 0 Å². The highest BCUT2D eigenvalue weighted by Gasteiger charge is 2.37. The van der Waals surface area contributed by atoms with E-state index in [2.05, 4.69) is 16.7 Å². The lowest BCUT2D eigenvalue weighted by Gasteiger charge is -2.31.